The van der Waals surface area contributed by atoms with E-state index in [4.69, 9.17) is 16.7 Å². The van der Waals surface area contributed by atoms with Gasteiger partial charge in [-0.2, -0.15) is 10.5 Å². The molecule has 6 N–H and O–H groups in total. The lowest BCUT2D eigenvalue weighted by Crippen LogP contribution is -2.32. The number of hydrogen-bond acceptors (Lipinski definition) is 8. The smallest absolute Gasteiger partial charge is 0.211 e. The van der Waals surface area contributed by atoms with Crippen LogP contribution in [-0.4, -0.2) is 10.9 Å². The van der Waals surface area contributed by atoms with Gasteiger partial charge >= 0.3 is 0 Å². The van der Waals surface area contributed by atoms with Crippen LogP contribution in [-0.2, 0) is 0 Å². The Morgan fingerprint density at radius 3 is 2.72 bits per heavy atom. The molecule has 1 aliphatic heterocycles. The second-order valence-electron chi connectivity index (χ2n) is 5.43. The number of anilines is 3. The van der Waals surface area contributed by atoms with Crippen molar-refractivity contribution in [1.82, 2.24) is 10.3 Å². The Balaban J connectivity index is 2.28. The lowest BCUT2D eigenvalue weighted by Gasteiger charge is -2.26. The highest BCUT2D eigenvalue weighted by Gasteiger charge is 2.30. The predicted molar refractivity (Wildman–Crippen MR) is 98.3 cm³/mol. The van der Waals surface area contributed by atoms with Gasteiger partial charge in [0, 0.05) is 10.0 Å². The molecule has 1 aliphatic rings. The molecule has 25 heavy (non-hydrogen) atoms. The number of nitrogens with two attached hydrogens (primary N) is 2. The summed E-state index contributed by atoms with van der Waals surface area (Å²) in [6, 6.07) is 7.23. The number of pyridine rings is 1. The number of nitriles is 2. The first-order valence-corrected chi connectivity index (χ1v) is 8.00. The number of nitrogens with one attached hydrogen (secondary N) is 2. The van der Waals surface area contributed by atoms with Crippen LogP contribution in [0.15, 0.2) is 27.7 Å². The van der Waals surface area contributed by atoms with Crippen molar-refractivity contribution in [3.8, 4) is 12.3 Å². The second-order valence-corrected chi connectivity index (χ2v) is 6.28. The van der Waals surface area contributed by atoms with Crippen molar-refractivity contribution in [2.24, 2.45) is 4.99 Å². The zero-order valence-corrected chi connectivity index (χ0v) is 14.7. The molecular formula is C16H13BrN8. The molecule has 0 amide bonds. The summed E-state index contributed by atoms with van der Waals surface area (Å²) in [5, 5.41) is 23.6. The summed E-state index contributed by atoms with van der Waals surface area (Å²) in [7, 11) is 0. The molecule has 0 bridgehead atoms. The van der Waals surface area contributed by atoms with Gasteiger partial charge in [0.2, 0.25) is 5.96 Å². The van der Waals surface area contributed by atoms with E-state index in [0.29, 0.717) is 11.4 Å². The summed E-state index contributed by atoms with van der Waals surface area (Å²) in [5.74, 6) is 0.605. The molecule has 0 spiro atoms. The normalized spacial score (nSPS) is 15.2. The number of halogens is 1. The standard InChI is InChI=1S/C16H13BrN8/c1-7-2-3-8(10(17)4-7)13-11-12(20)9(5-18)14(21)24-15(11)25-16(23-13)22-6-19/h2-4,13H,1H3,(H6,20,21,22,23,24,25). The zero-order chi connectivity index (χ0) is 18.1. The third-order valence-corrected chi connectivity index (χ3v) is 4.49. The number of guanidine groups is 1. The maximum Gasteiger partial charge on any atom is 0.211 e. The molecule has 1 aromatic heterocycles. The van der Waals surface area contributed by atoms with Gasteiger partial charge in [-0.25, -0.2) is 9.98 Å². The SMILES string of the molecule is Cc1ccc(C2N=C(NC#N)Nc3nc(N)c(C#N)c(N)c32)c(Br)c1. The molecular weight excluding hydrogens is 384 g/mol. The second kappa shape index (κ2) is 6.30. The van der Waals surface area contributed by atoms with E-state index in [2.05, 4.69) is 36.5 Å². The van der Waals surface area contributed by atoms with E-state index in [1.54, 1.807) is 0 Å². The number of aromatic nitrogens is 1. The van der Waals surface area contributed by atoms with Crippen LogP contribution in [0.2, 0.25) is 0 Å². The summed E-state index contributed by atoms with van der Waals surface area (Å²) in [6.07, 6.45) is 1.82. The van der Waals surface area contributed by atoms with Gasteiger partial charge in [-0.15, -0.1) is 0 Å². The summed E-state index contributed by atoms with van der Waals surface area (Å²) in [6.45, 7) is 1.97. The Labute approximate surface area is 152 Å². The number of nitrogens with zero attached hydrogens (tertiary/aromatic N) is 4. The van der Waals surface area contributed by atoms with Crippen LogP contribution in [0.3, 0.4) is 0 Å². The molecule has 2 heterocycles. The molecule has 3 rings (SSSR count). The van der Waals surface area contributed by atoms with Crippen molar-refractivity contribution < 1.29 is 0 Å². The van der Waals surface area contributed by atoms with Gasteiger partial charge in [0.05, 0.1) is 5.69 Å². The summed E-state index contributed by atoms with van der Waals surface area (Å²) >= 11 is 3.54. The van der Waals surface area contributed by atoms with Crippen molar-refractivity contribution in [2.75, 3.05) is 16.8 Å². The monoisotopic (exact) mass is 396 g/mol. The number of aryl methyl sites for hydroxylation is 1. The van der Waals surface area contributed by atoms with E-state index in [9.17, 15) is 5.26 Å². The zero-order valence-electron chi connectivity index (χ0n) is 13.1. The topological polar surface area (TPSA) is 149 Å². The number of nitrogen functional groups attached to an aromatic ring is 2. The molecule has 0 fully saturated rings. The average molecular weight is 397 g/mol. The van der Waals surface area contributed by atoms with E-state index in [1.165, 1.54) is 0 Å². The predicted octanol–water partition coefficient (Wildman–Crippen LogP) is 2.13. The molecule has 0 saturated heterocycles. The molecule has 1 unspecified atom stereocenters. The Morgan fingerprint density at radius 1 is 1.32 bits per heavy atom. The fourth-order valence-corrected chi connectivity index (χ4v) is 3.37. The van der Waals surface area contributed by atoms with Crippen LogP contribution in [0.1, 0.15) is 28.3 Å². The first kappa shape index (κ1) is 16.6. The molecule has 1 atom stereocenters. The van der Waals surface area contributed by atoms with Crippen LogP contribution < -0.4 is 22.1 Å². The van der Waals surface area contributed by atoms with Gasteiger partial charge in [0.15, 0.2) is 6.19 Å². The van der Waals surface area contributed by atoms with Crippen molar-refractivity contribution in [3.05, 3.63) is 44.9 Å². The molecule has 9 heteroatoms. The van der Waals surface area contributed by atoms with Gasteiger partial charge in [-0.05, 0) is 24.1 Å². The fraction of sp³-hybridized carbons (Fsp3) is 0.125. The molecule has 124 valence electrons. The Morgan fingerprint density at radius 2 is 2.08 bits per heavy atom. The van der Waals surface area contributed by atoms with Crippen LogP contribution in [0.5, 0.6) is 0 Å². The van der Waals surface area contributed by atoms with Crippen molar-refractivity contribution in [1.29, 1.82) is 10.5 Å². The van der Waals surface area contributed by atoms with E-state index in [-0.39, 0.29) is 23.0 Å². The number of fused-ring (bicyclic) bond motifs is 1. The molecule has 0 aliphatic carbocycles. The molecule has 0 radical (unpaired) electrons. The van der Waals surface area contributed by atoms with Crippen molar-refractivity contribution in [2.45, 2.75) is 13.0 Å². The number of rotatable bonds is 1. The highest BCUT2D eigenvalue weighted by atomic mass is 79.9. The average Bonchev–Trinajstić information content (AvgIpc) is 2.54. The Kier molecular flexibility index (Phi) is 4.17. The van der Waals surface area contributed by atoms with Gasteiger partial charge in [-0.3, -0.25) is 5.32 Å². The van der Waals surface area contributed by atoms with E-state index in [1.807, 2.05) is 37.4 Å². The lowest BCUT2D eigenvalue weighted by atomic mass is 9.94. The first-order chi connectivity index (χ1) is 12.0. The quantitative estimate of drug-likeness (QED) is 0.425. The van der Waals surface area contributed by atoms with Crippen LogP contribution >= 0.6 is 15.9 Å². The van der Waals surface area contributed by atoms with Crippen molar-refractivity contribution >= 4 is 39.2 Å². The Hall–Kier alpha value is -3.30. The minimum atomic E-state index is -0.553. The summed E-state index contributed by atoms with van der Waals surface area (Å²) in [5.41, 5.74) is 14.8. The maximum absolute atomic E-state index is 9.31. The third-order valence-electron chi connectivity index (χ3n) is 3.81. The minimum Gasteiger partial charge on any atom is -0.397 e. The highest BCUT2D eigenvalue weighted by Crippen LogP contribution is 2.42. The summed E-state index contributed by atoms with van der Waals surface area (Å²) in [4.78, 5) is 8.73. The van der Waals surface area contributed by atoms with E-state index < -0.39 is 6.04 Å². The van der Waals surface area contributed by atoms with Crippen molar-refractivity contribution in [3.63, 3.8) is 0 Å². The maximum atomic E-state index is 9.31. The van der Waals surface area contributed by atoms with Crippen LogP contribution in [0.4, 0.5) is 17.3 Å². The number of hydrogen-bond donors (Lipinski definition) is 4. The molecule has 1 aromatic carbocycles. The number of benzene rings is 1. The fourth-order valence-electron chi connectivity index (χ4n) is 2.66. The van der Waals surface area contributed by atoms with Gasteiger partial charge in [-0.1, -0.05) is 28.1 Å². The molecule has 8 nitrogen and oxygen atoms in total. The van der Waals surface area contributed by atoms with Gasteiger partial charge < -0.3 is 16.8 Å². The molecule has 2 aromatic rings. The van der Waals surface area contributed by atoms with E-state index in [0.717, 1.165) is 15.6 Å². The minimum absolute atomic E-state index is 0.0196. The van der Waals surface area contributed by atoms with Crippen LogP contribution in [0, 0.1) is 29.7 Å². The van der Waals surface area contributed by atoms with Crippen LogP contribution in [0.25, 0.3) is 0 Å². The van der Waals surface area contributed by atoms with Gasteiger partial charge in [0.1, 0.15) is 29.3 Å². The van der Waals surface area contributed by atoms with E-state index >= 15 is 0 Å². The molecule has 0 saturated carbocycles. The first-order valence-electron chi connectivity index (χ1n) is 7.21. The largest absolute Gasteiger partial charge is 0.397 e. The number of aliphatic imine (C=N–C) groups is 1. The highest BCUT2D eigenvalue weighted by molar-refractivity contribution is 9.10. The lowest BCUT2D eigenvalue weighted by molar-refractivity contribution is 0.841. The third kappa shape index (κ3) is 2.82. The Bertz CT molecular complexity index is 983. The van der Waals surface area contributed by atoms with Gasteiger partial charge in [0.25, 0.3) is 0 Å². The summed E-state index contributed by atoms with van der Waals surface area (Å²) < 4.78 is 0.833.